The Balaban J connectivity index is 1.75. The van der Waals surface area contributed by atoms with Gasteiger partial charge >= 0.3 is 6.18 Å². The largest absolute Gasteiger partial charge is 0.416 e. The summed E-state index contributed by atoms with van der Waals surface area (Å²) in [4.78, 5) is 38.2. The van der Waals surface area contributed by atoms with Crippen molar-refractivity contribution in [3.63, 3.8) is 0 Å². The van der Waals surface area contributed by atoms with Crippen molar-refractivity contribution in [1.29, 1.82) is 0 Å². The normalized spacial score (nSPS) is 22.0. The predicted molar refractivity (Wildman–Crippen MR) is 85.9 cm³/mol. The first-order chi connectivity index (χ1) is 12.1. The Morgan fingerprint density at radius 2 is 1.88 bits per heavy atom. The summed E-state index contributed by atoms with van der Waals surface area (Å²) >= 11 is 0. The van der Waals surface area contributed by atoms with Gasteiger partial charge in [0.2, 0.25) is 11.8 Å². The highest BCUT2D eigenvalue weighted by molar-refractivity contribution is 6.07. The molecule has 2 aliphatic rings. The number of hydrogen-bond donors (Lipinski definition) is 1. The third-order valence-corrected chi connectivity index (χ3v) is 5.18. The van der Waals surface area contributed by atoms with E-state index in [1.54, 1.807) is 0 Å². The first kappa shape index (κ1) is 18.4. The number of piperidine rings is 1. The number of nitrogens with two attached hydrogens (primary N) is 1. The van der Waals surface area contributed by atoms with E-state index in [2.05, 4.69) is 0 Å². The van der Waals surface area contributed by atoms with Crippen LogP contribution in [0.3, 0.4) is 0 Å². The van der Waals surface area contributed by atoms with Crippen LogP contribution in [0.4, 0.5) is 13.2 Å². The van der Waals surface area contributed by atoms with Crippen LogP contribution in [0.25, 0.3) is 0 Å². The molecular weight excluding hydrogens is 349 g/mol. The lowest BCUT2D eigenvalue weighted by Crippen LogP contribution is -2.48. The maximum atomic E-state index is 12.8. The number of likely N-dealkylation sites (tertiary alicyclic amines) is 1. The predicted octanol–water partition coefficient (Wildman–Crippen LogP) is 2.39. The van der Waals surface area contributed by atoms with Crippen molar-refractivity contribution in [1.82, 2.24) is 4.90 Å². The highest BCUT2D eigenvalue weighted by atomic mass is 19.4. The Bertz CT molecular complexity index is 756. The Hall–Kier alpha value is -2.38. The zero-order valence-electron chi connectivity index (χ0n) is 14.0. The first-order valence-corrected chi connectivity index (χ1v) is 8.46. The first-order valence-electron chi connectivity index (χ1n) is 8.46. The van der Waals surface area contributed by atoms with Crippen LogP contribution in [0, 0.1) is 11.3 Å². The molecule has 3 rings (SSSR count). The minimum Gasteiger partial charge on any atom is -0.369 e. The van der Waals surface area contributed by atoms with Gasteiger partial charge in [0, 0.05) is 24.6 Å². The highest BCUT2D eigenvalue weighted by Gasteiger charge is 2.57. The third kappa shape index (κ3) is 3.32. The summed E-state index contributed by atoms with van der Waals surface area (Å²) in [5, 5.41) is 0. The van der Waals surface area contributed by atoms with Crippen LogP contribution < -0.4 is 5.73 Å². The molecule has 5 nitrogen and oxygen atoms in total. The third-order valence-electron chi connectivity index (χ3n) is 5.18. The van der Waals surface area contributed by atoms with Gasteiger partial charge in [-0.05, 0) is 37.8 Å². The highest BCUT2D eigenvalue weighted by Crippen LogP contribution is 2.47. The van der Waals surface area contributed by atoms with Crippen molar-refractivity contribution in [2.45, 2.75) is 31.9 Å². The van der Waals surface area contributed by atoms with Crippen LogP contribution in [-0.2, 0) is 15.8 Å². The number of alkyl halides is 3. The van der Waals surface area contributed by atoms with E-state index < -0.39 is 34.8 Å². The second-order valence-corrected chi connectivity index (χ2v) is 6.98. The molecule has 140 valence electrons. The topological polar surface area (TPSA) is 80.5 Å². The Kier molecular flexibility index (Phi) is 4.54. The molecular formula is C18H19F3N2O3. The number of rotatable bonds is 4. The molecule has 26 heavy (non-hydrogen) atoms. The quantitative estimate of drug-likeness (QED) is 0.655. The molecule has 2 N–H and O–H groups in total. The van der Waals surface area contributed by atoms with E-state index in [9.17, 15) is 27.6 Å². The van der Waals surface area contributed by atoms with Gasteiger partial charge in [0.15, 0.2) is 5.78 Å². The van der Waals surface area contributed by atoms with Gasteiger partial charge in [-0.2, -0.15) is 13.2 Å². The van der Waals surface area contributed by atoms with Gasteiger partial charge < -0.3 is 10.6 Å². The molecule has 0 spiro atoms. The van der Waals surface area contributed by atoms with Crippen molar-refractivity contribution in [2.75, 3.05) is 13.1 Å². The zero-order chi connectivity index (χ0) is 19.1. The average molecular weight is 368 g/mol. The molecule has 1 aliphatic carbocycles. The lowest BCUT2D eigenvalue weighted by molar-refractivity contribution is -0.144. The molecule has 1 heterocycles. The van der Waals surface area contributed by atoms with Gasteiger partial charge in [-0.3, -0.25) is 14.4 Å². The molecule has 0 radical (unpaired) electrons. The van der Waals surface area contributed by atoms with E-state index in [-0.39, 0.29) is 18.0 Å². The number of carbonyl (C=O) groups excluding carboxylic acids is 3. The minimum absolute atomic E-state index is 0.0184. The van der Waals surface area contributed by atoms with Gasteiger partial charge in [-0.15, -0.1) is 0 Å². The summed E-state index contributed by atoms with van der Waals surface area (Å²) in [5.74, 6) is -2.03. The smallest absolute Gasteiger partial charge is 0.369 e. The molecule has 0 unspecified atom stereocenters. The molecule has 1 aliphatic heterocycles. The number of primary amides is 1. The molecule has 1 saturated carbocycles. The van der Waals surface area contributed by atoms with Gasteiger partial charge in [0.1, 0.15) is 5.41 Å². The Morgan fingerprint density at radius 1 is 1.19 bits per heavy atom. The average Bonchev–Trinajstić information content (AvgIpc) is 3.42. The van der Waals surface area contributed by atoms with E-state index in [1.165, 1.54) is 17.0 Å². The second kappa shape index (κ2) is 6.41. The number of nitrogens with zero attached hydrogens (tertiary/aromatic N) is 1. The Labute approximate surface area is 148 Å². The van der Waals surface area contributed by atoms with Gasteiger partial charge in [-0.25, -0.2) is 0 Å². The van der Waals surface area contributed by atoms with Crippen LogP contribution in [0.5, 0.6) is 0 Å². The van der Waals surface area contributed by atoms with Gasteiger partial charge in [0.05, 0.1) is 5.56 Å². The molecule has 0 aromatic heterocycles. The van der Waals surface area contributed by atoms with Crippen molar-refractivity contribution >= 4 is 17.6 Å². The molecule has 1 saturated heterocycles. The molecule has 1 aromatic carbocycles. The van der Waals surface area contributed by atoms with E-state index in [4.69, 9.17) is 5.73 Å². The SMILES string of the molecule is NC(=O)C1(C(=O)N2CCC[C@@H](C(=O)c3cccc(C(F)(F)F)c3)C2)CC1. The van der Waals surface area contributed by atoms with Crippen LogP contribution in [-0.4, -0.2) is 35.6 Å². The van der Waals surface area contributed by atoms with E-state index in [0.29, 0.717) is 32.2 Å². The molecule has 8 heteroatoms. The van der Waals surface area contributed by atoms with Crippen molar-refractivity contribution in [3.8, 4) is 0 Å². The summed E-state index contributed by atoms with van der Waals surface area (Å²) in [7, 11) is 0. The lowest BCUT2D eigenvalue weighted by Gasteiger charge is -2.34. The van der Waals surface area contributed by atoms with E-state index >= 15 is 0 Å². The monoisotopic (exact) mass is 368 g/mol. The summed E-state index contributed by atoms with van der Waals surface area (Å²) < 4.78 is 38.5. The maximum Gasteiger partial charge on any atom is 0.416 e. The van der Waals surface area contributed by atoms with Crippen LogP contribution in [0.15, 0.2) is 24.3 Å². The molecule has 2 amide bonds. The summed E-state index contributed by atoms with van der Waals surface area (Å²) in [6, 6.07) is 4.31. The van der Waals surface area contributed by atoms with Crippen LogP contribution >= 0.6 is 0 Å². The van der Waals surface area contributed by atoms with Crippen molar-refractivity contribution in [2.24, 2.45) is 17.1 Å². The number of carbonyl (C=O) groups is 3. The van der Waals surface area contributed by atoms with Crippen LogP contribution in [0.1, 0.15) is 41.6 Å². The van der Waals surface area contributed by atoms with Crippen molar-refractivity contribution in [3.05, 3.63) is 35.4 Å². The number of ketones is 1. The molecule has 1 atom stereocenters. The van der Waals surface area contributed by atoms with Gasteiger partial charge in [0.25, 0.3) is 0 Å². The number of halogens is 3. The summed E-state index contributed by atoms with van der Waals surface area (Å²) in [6.45, 7) is 0.517. The standard InChI is InChI=1S/C18H19F3N2O3/c19-18(20,21)13-5-1-3-11(9-13)14(24)12-4-2-8-23(10-12)16(26)17(6-7-17)15(22)25/h1,3,5,9,12H,2,4,6-8,10H2,(H2,22,25)/t12-/m1/s1. The number of hydrogen-bond acceptors (Lipinski definition) is 3. The lowest BCUT2D eigenvalue weighted by atomic mass is 9.88. The fourth-order valence-electron chi connectivity index (χ4n) is 3.45. The maximum absolute atomic E-state index is 12.8. The summed E-state index contributed by atoms with van der Waals surface area (Å²) in [5.41, 5.74) is 3.28. The van der Waals surface area contributed by atoms with Crippen molar-refractivity contribution < 1.29 is 27.6 Å². The zero-order valence-corrected chi connectivity index (χ0v) is 14.0. The van der Waals surface area contributed by atoms with Crippen LogP contribution in [0.2, 0.25) is 0 Å². The minimum atomic E-state index is -4.52. The summed E-state index contributed by atoms with van der Waals surface area (Å²) in [6.07, 6.45) is -2.67. The number of benzene rings is 1. The fourth-order valence-corrected chi connectivity index (χ4v) is 3.45. The van der Waals surface area contributed by atoms with E-state index in [1.807, 2.05) is 0 Å². The number of Topliss-reactive ketones (excluding diaryl/α,β-unsaturated/α-hetero) is 1. The molecule has 1 aromatic rings. The van der Waals surface area contributed by atoms with Gasteiger partial charge in [-0.1, -0.05) is 12.1 Å². The molecule has 2 fully saturated rings. The van der Waals surface area contributed by atoms with E-state index in [0.717, 1.165) is 12.1 Å². The number of amides is 2. The fraction of sp³-hybridized carbons (Fsp3) is 0.500. The Morgan fingerprint density at radius 3 is 2.46 bits per heavy atom. The second-order valence-electron chi connectivity index (χ2n) is 6.98. The molecule has 0 bridgehead atoms.